The maximum Gasteiger partial charge on any atom is 0.331 e. The third-order valence-corrected chi connectivity index (χ3v) is 4.04. The van der Waals surface area contributed by atoms with Crippen LogP contribution in [-0.4, -0.2) is 35.0 Å². The van der Waals surface area contributed by atoms with E-state index in [4.69, 9.17) is 5.11 Å². The number of carboxylic acids is 1. The zero-order chi connectivity index (χ0) is 14.4. The summed E-state index contributed by atoms with van der Waals surface area (Å²) in [7, 11) is 0. The number of aliphatic carboxylic acids is 1. The van der Waals surface area contributed by atoms with Crippen LogP contribution in [0.2, 0.25) is 0 Å². The molecule has 1 unspecified atom stereocenters. The molecule has 1 aliphatic rings. The molecule has 0 aromatic carbocycles. The van der Waals surface area contributed by atoms with Crippen LogP contribution in [0.5, 0.6) is 0 Å². The van der Waals surface area contributed by atoms with Gasteiger partial charge in [-0.25, -0.2) is 4.79 Å². The first-order valence-electron chi connectivity index (χ1n) is 7.17. The predicted octanol–water partition coefficient (Wildman–Crippen LogP) is 2.84. The minimum Gasteiger partial charge on any atom is -0.478 e. The Balaban J connectivity index is 2.68. The molecule has 0 aromatic heterocycles. The summed E-state index contributed by atoms with van der Waals surface area (Å²) in [6.45, 7) is 6.81. The molecule has 0 radical (unpaired) electrons. The van der Waals surface area contributed by atoms with E-state index in [1.807, 2.05) is 4.90 Å². The fourth-order valence-electron chi connectivity index (χ4n) is 2.62. The van der Waals surface area contributed by atoms with Gasteiger partial charge in [0.1, 0.15) is 0 Å². The maximum atomic E-state index is 12.3. The van der Waals surface area contributed by atoms with Crippen molar-refractivity contribution in [2.24, 2.45) is 5.92 Å². The summed E-state index contributed by atoms with van der Waals surface area (Å²) in [5, 5.41) is 8.94. The highest BCUT2D eigenvalue weighted by atomic mass is 16.4. The van der Waals surface area contributed by atoms with Crippen molar-refractivity contribution in [2.75, 3.05) is 13.1 Å². The first-order valence-corrected chi connectivity index (χ1v) is 7.17. The molecular formula is C15H25NO3. The minimum absolute atomic E-state index is 0.114. The standard InChI is InChI=1S/C15H25NO3/c1-4-6-13-7-5-9-16(10-8-13)14(17)11(2)12(3)15(18)19/h13H,4-10H2,1-3H3,(H,18,19). The van der Waals surface area contributed by atoms with Crippen molar-refractivity contribution in [2.45, 2.75) is 52.9 Å². The lowest BCUT2D eigenvalue weighted by atomic mass is 9.96. The van der Waals surface area contributed by atoms with E-state index in [0.29, 0.717) is 11.5 Å². The normalized spacial score (nSPS) is 21.6. The number of hydrogen-bond acceptors (Lipinski definition) is 2. The molecule has 1 heterocycles. The summed E-state index contributed by atoms with van der Waals surface area (Å²) in [5.74, 6) is -0.408. The van der Waals surface area contributed by atoms with Crippen LogP contribution in [0.3, 0.4) is 0 Å². The van der Waals surface area contributed by atoms with Gasteiger partial charge in [-0.2, -0.15) is 0 Å². The van der Waals surface area contributed by atoms with Gasteiger partial charge in [0.05, 0.1) is 0 Å². The molecule has 1 rings (SSSR count). The molecule has 1 amide bonds. The maximum absolute atomic E-state index is 12.3. The number of carbonyl (C=O) groups is 2. The SMILES string of the molecule is CCCC1CCCN(C(=O)C(C)=C(C)C(=O)O)CC1. The molecule has 0 saturated carbocycles. The van der Waals surface area contributed by atoms with E-state index >= 15 is 0 Å². The number of carboxylic acid groups (broad SMARTS) is 1. The van der Waals surface area contributed by atoms with Crippen LogP contribution in [0.4, 0.5) is 0 Å². The summed E-state index contributed by atoms with van der Waals surface area (Å²) in [4.78, 5) is 25.0. The molecule has 1 atom stereocenters. The van der Waals surface area contributed by atoms with E-state index in [1.165, 1.54) is 26.2 Å². The lowest BCUT2D eigenvalue weighted by molar-refractivity contribution is -0.133. The second kappa shape index (κ2) is 7.31. The highest BCUT2D eigenvalue weighted by Crippen LogP contribution is 2.23. The number of hydrogen-bond donors (Lipinski definition) is 1. The highest BCUT2D eigenvalue weighted by Gasteiger charge is 2.22. The molecule has 0 spiro atoms. The summed E-state index contributed by atoms with van der Waals surface area (Å²) in [6.07, 6.45) is 5.66. The first-order chi connectivity index (χ1) is 8.97. The smallest absolute Gasteiger partial charge is 0.331 e. The molecule has 4 heteroatoms. The van der Waals surface area contributed by atoms with Gasteiger partial charge in [0, 0.05) is 24.2 Å². The molecule has 108 valence electrons. The van der Waals surface area contributed by atoms with E-state index in [0.717, 1.165) is 25.9 Å². The molecule has 1 fully saturated rings. The van der Waals surface area contributed by atoms with Crippen molar-refractivity contribution < 1.29 is 14.7 Å². The van der Waals surface area contributed by atoms with Gasteiger partial charge < -0.3 is 10.0 Å². The van der Waals surface area contributed by atoms with Crippen molar-refractivity contribution in [3.8, 4) is 0 Å². The largest absolute Gasteiger partial charge is 0.478 e. The van der Waals surface area contributed by atoms with E-state index in [1.54, 1.807) is 6.92 Å². The first kappa shape index (κ1) is 15.7. The fourth-order valence-corrected chi connectivity index (χ4v) is 2.62. The van der Waals surface area contributed by atoms with Crippen molar-refractivity contribution in [1.82, 2.24) is 4.90 Å². The molecule has 4 nitrogen and oxygen atoms in total. The van der Waals surface area contributed by atoms with Crippen molar-refractivity contribution >= 4 is 11.9 Å². The van der Waals surface area contributed by atoms with Crippen LogP contribution in [-0.2, 0) is 9.59 Å². The number of rotatable bonds is 4. The lowest BCUT2D eigenvalue weighted by Crippen LogP contribution is -2.33. The number of amides is 1. The Hall–Kier alpha value is -1.32. The van der Waals surface area contributed by atoms with Crippen LogP contribution in [0.25, 0.3) is 0 Å². The van der Waals surface area contributed by atoms with Crippen LogP contribution < -0.4 is 0 Å². The molecular weight excluding hydrogens is 242 g/mol. The second-order valence-corrected chi connectivity index (χ2v) is 5.43. The van der Waals surface area contributed by atoms with Crippen molar-refractivity contribution in [3.63, 3.8) is 0 Å². The van der Waals surface area contributed by atoms with Crippen LogP contribution in [0.15, 0.2) is 11.1 Å². The molecule has 0 aliphatic carbocycles. The average Bonchev–Trinajstić information content (AvgIpc) is 2.62. The molecule has 0 aromatic rings. The van der Waals surface area contributed by atoms with E-state index < -0.39 is 5.97 Å². The molecule has 1 aliphatic heterocycles. The van der Waals surface area contributed by atoms with Gasteiger partial charge in [-0.3, -0.25) is 4.79 Å². The molecule has 0 bridgehead atoms. The van der Waals surface area contributed by atoms with Gasteiger partial charge in [0.25, 0.3) is 0 Å². The number of likely N-dealkylation sites (tertiary alicyclic amines) is 1. The molecule has 19 heavy (non-hydrogen) atoms. The summed E-state index contributed by atoms with van der Waals surface area (Å²) in [5.41, 5.74) is 0.515. The van der Waals surface area contributed by atoms with Gasteiger partial charge in [-0.05, 0) is 39.0 Å². The number of carbonyl (C=O) groups excluding carboxylic acids is 1. The van der Waals surface area contributed by atoms with Crippen LogP contribution in [0.1, 0.15) is 52.9 Å². The zero-order valence-corrected chi connectivity index (χ0v) is 12.2. The predicted molar refractivity (Wildman–Crippen MR) is 74.8 cm³/mol. The third-order valence-electron chi connectivity index (χ3n) is 4.04. The molecule has 1 N–H and O–H groups in total. The van der Waals surface area contributed by atoms with Gasteiger partial charge in [0.2, 0.25) is 5.91 Å². The summed E-state index contributed by atoms with van der Waals surface area (Å²) < 4.78 is 0. The second-order valence-electron chi connectivity index (χ2n) is 5.43. The van der Waals surface area contributed by atoms with E-state index in [-0.39, 0.29) is 11.5 Å². The van der Waals surface area contributed by atoms with E-state index in [2.05, 4.69) is 6.92 Å². The minimum atomic E-state index is -1.01. The van der Waals surface area contributed by atoms with Gasteiger partial charge in [0.15, 0.2) is 0 Å². The Morgan fingerprint density at radius 3 is 2.42 bits per heavy atom. The Morgan fingerprint density at radius 2 is 1.84 bits per heavy atom. The molecule has 1 saturated heterocycles. The lowest BCUT2D eigenvalue weighted by Gasteiger charge is -2.21. The van der Waals surface area contributed by atoms with Gasteiger partial charge >= 0.3 is 5.97 Å². The van der Waals surface area contributed by atoms with Crippen LogP contribution >= 0.6 is 0 Å². The Morgan fingerprint density at radius 1 is 1.16 bits per heavy atom. The quantitative estimate of drug-likeness (QED) is 0.797. The fraction of sp³-hybridized carbons (Fsp3) is 0.733. The third kappa shape index (κ3) is 4.37. The monoisotopic (exact) mass is 267 g/mol. The van der Waals surface area contributed by atoms with Crippen molar-refractivity contribution in [3.05, 3.63) is 11.1 Å². The topological polar surface area (TPSA) is 57.6 Å². The Kier molecular flexibility index (Phi) is 6.06. The summed E-state index contributed by atoms with van der Waals surface area (Å²) in [6, 6.07) is 0. The highest BCUT2D eigenvalue weighted by molar-refractivity contribution is 6.01. The van der Waals surface area contributed by atoms with Crippen molar-refractivity contribution in [1.29, 1.82) is 0 Å². The number of nitrogens with zero attached hydrogens (tertiary/aromatic N) is 1. The zero-order valence-electron chi connectivity index (χ0n) is 12.2. The van der Waals surface area contributed by atoms with Gasteiger partial charge in [-0.15, -0.1) is 0 Å². The Labute approximate surface area is 115 Å². The van der Waals surface area contributed by atoms with Crippen LogP contribution in [0, 0.1) is 5.92 Å². The summed E-state index contributed by atoms with van der Waals surface area (Å²) >= 11 is 0. The van der Waals surface area contributed by atoms with Gasteiger partial charge in [-0.1, -0.05) is 19.8 Å². The Bertz CT molecular complexity index is 374. The average molecular weight is 267 g/mol. The van der Waals surface area contributed by atoms with E-state index in [9.17, 15) is 9.59 Å².